The van der Waals surface area contributed by atoms with Gasteiger partial charge in [0.25, 0.3) is 0 Å². The van der Waals surface area contributed by atoms with Crippen molar-refractivity contribution >= 4 is 10.9 Å². The predicted octanol–water partition coefficient (Wildman–Crippen LogP) is 12.7. The number of nitrogens with zero attached hydrogens (tertiary/aromatic N) is 2. The lowest BCUT2D eigenvalue weighted by molar-refractivity contribution is -0.743. The lowest BCUT2D eigenvalue weighted by atomic mass is 9.66. The smallest absolute Gasteiger partial charge is 0.198 e. The highest BCUT2D eigenvalue weighted by atomic mass is 15.1. The van der Waals surface area contributed by atoms with Crippen LogP contribution in [0, 0.1) is 13.8 Å². The molecule has 2 aromatic heterocycles. The first-order chi connectivity index (χ1) is 25.6. The van der Waals surface area contributed by atoms with Crippen LogP contribution in [0.2, 0.25) is 0 Å². The maximum Gasteiger partial charge on any atom is 0.213 e. The summed E-state index contributed by atoms with van der Waals surface area (Å²) >= 11 is 0. The molecule has 3 unspecified atom stereocenters. The van der Waals surface area contributed by atoms with Crippen LogP contribution in [0.15, 0.2) is 72.9 Å². The van der Waals surface area contributed by atoms with Crippen LogP contribution in [0.4, 0.5) is 0 Å². The van der Waals surface area contributed by atoms with Crippen molar-refractivity contribution in [1.29, 1.82) is 0 Å². The molecule has 1 aliphatic heterocycles. The molecule has 2 nitrogen and oxygen atoms in total. The van der Waals surface area contributed by atoms with E-state index in [-0.39, 0.29) is 21.8 Å². The first kappa shape index (κ1) is 35.9. The van der Waals surface area contributed by atoms with Crippen molar-refractivity contribution in [1.82, 2.24) is 0 Å². The Morgan fingerprint density at radius 3 is 2.19 bits per heavy atom. The molecule has 1 saturated carbocycles. The molecule has 0 amide bonds. The van der Waals surface area contributed by atoms with Crippen molar-refractivity contribution < 1.29 is 9.13 Å². The summed E-state index contributed by atoms with van der Waals surface area (Å²) in [6.45, 7) is 27.8. The quantitative estimate of drug-likeness (QED) is 0.155. The van der Waals surface area contributed by atoms with Crippen molar-refractivity contribution in [2.45, 2.75) is 167 Å². The average molecular weight is 717 g/mol. The molecular weight excluding hydrogens is 653 g/mol. The van der Waals surface area contributed by atoms with Crippen LogP contribution >= 0.6 is 0 Å². The monoisotopic (exact) mass is 717 g/mol. The zero-order chi connectivity index (χ0) is 38.1. The summed E-state index contributed by atoms with van der Waals surface area (Å²) in [5.74, 6) is 1.88. The van der Waals surface area contributed by atoms with E-state index in [1.807, 2.05) is 0 Å². The van der Waals surface area contributed by atoms with Crippen molar-refractivity contribution in [3.8, 4) is 22.5 Å². The average Bonchev–Trinajstić information content (AvgIpc) is 3.80. The molecular formula is C52H64N2+2. The van der Waals surface area contributed by atoms with E-state index < -0.39 is 0 Å². The van der Waals surface area contributed by atoms with E-state index >= 15 is 0 Å². The Hall–Kier alpha value is -3.78. The Morgan fingerprint density at radius 1 is 0.741 bits per heavy atom. The summed E-state index contributed by atoms with van der Waals surface area (Å²) in [7, 11) is 0. The largest absolute Gasteiger partial charge is 0.213 e. The van der Waals surface area contributed by atoms with Crippen LogP contribution in [-0.4, -0.2) is 0 Å². The molecule has 1 fully saturated rings. The summed E-state index contributed by atoms with van der Waals surface area (Å²) in [4.78, 5) is 0. The molecule has 0 radical (unpaired) electrons. The van der Waals surface area contributed by atoms with Gasteiger partial charge in [-0.05, 0) is 125 Å². The lowest BCUT2D eigenvalue weighted by Crippen LogP contribution is -2.63. The van der Waals surface area contributed by atoms with E-state index in [1.54, 1.807) is 22.3 Å². The molecule has 3 heterocycles. The SMILES string of the molecule is CCC1(CC)C(CC[n+]2cc3c(cc2-c2ccccc2C)C(C)(C)CC3(C)C)c2c(cc3c(c2C)C2CCC3C2)-c2ccc3c(C(C)(C)C)cccc3[n+]21. The summed E-state index contributed by atoms with van der Waals surface area (Å²) in [6, 6.07) is 26.5. The minimum Gasteiger partial charge on any atom is -0.198 e. The van der Waals surface area contributed by atoms with Crippen LogP contribution < -0.4 is 9.13 Å². The summed E-state index contributed by atoms with van der Waals surface area (Å²) in [6.07, 6.45) is 11.2. The van der Waals surface area contributed by atoms with E-state index in [1.165, 1.54) is 81.4 Å². The second-order valence-electron chi connectivity index (χ2n) is 20.3. The standard InChI is InChI=1S/C52H64N2/c1-12-52(13-2)41(25-26-53-30-43-42(50(8,9)31-51(43,10)11)29-46(53)36-18-15-14-17-32(36)3)48-33(4)47-35-22-21-34(27-35)38(47)28-39(48)45-24-23-37-40(49(5,6)7)19-16-20-44(37)54(45)52/h14-20,23-24,28-30,34-35,41H,12-13,21-22,25-27,31H2,1-11H3/q+2. The zero-order valence-corrected chi connectivity index (χ0v) is 35.2. The van der Waals surface area contributed by atoms with Gasteiger partial charge in [-0.1, -0.05) is 92.6 Å². The van der Waals surface area contributed by atoms with Gasteiger partial charge in [0.05, 0.1) is 16.9 Å². The van der Waals surface area contributed by atoms with E-state index in [0.29, 0.717) is 5.92 Å². The van der Waals surface area contributed by atoms with Gasteiger partial charge in [0.2, 0.25) is 16.9 Å². The molecule has 280 valence electrons. The van der Waals surface area contributed by atoms with Crippen LogP contribution in [0.1, 0.15) is 170 Å². The lowest BCUT2D eigenvalue weighted by Gasteiger charge is -2.42. The van der Waals surface area contributed by atoms with Gasteiger partial charge >= 0.3 is 0 Å². The van der Waals surface area contributed by atoms with Gasteiger partial charge in [-0.3, -0.25) is 0 Å². The summed E-state index contributed by atoms with van der Waals surface area (Å²) < 4.78 is 5.57. The molecule has 3 atom stereocenters. The second-order valence-corrected chi connectivity index (χ2v) is 20.3. The van der Waals surface area contributed by atoms with Crippen LogP contribution in [0.25, 0.3) is 33.4 Å². The highest BCUT2D eigenvalue weighted by Crippen LogP contribution is 2.59. The number of pyridine rings is 2. The topological polar surface area (TPSA) is 7.76 Å². The molecule has 54 heavy (non-hydrogen) atoms. The maximum absolute atomic E-state index is 2.88. The molecule has 2 bridgehead atoms. The van der Waals surface area contributed by atoms with Gasteiger partial charge in [0.15, 0.2) is 11.7 Å². The van der Waals surface area contributed by atoms with Gasteiger partial charge < -0.3 is 0 Å². The Kier molecular flexibility index (Phi) is 8.05. The third-order valence-corrected chi connectivity index (χ3v) is 15.3. The third-order valence-electron chi connectivity index (χ3n) is 15.3. The molecule has 2 heteroatoms. The second kappa shape index (κ2) is 12.1. The number of benzene rings is 3. The molecule has 5 aromatic rings. The van der Waals surface area contributed by atoms with Gasteiger partial charge in [-0.2, -0.15) is 9.13 Å². The maximum atomic E-state index is 2.88. The van der Waals surface area contributed by atoms with Crippen molar-refractivity contribution in [3.63, 3.8) is 0 Å². The van der Waals surface area contributed by atoms with Crippen molar-refractivity contribution in [2.75, 3.05) is 0 Å². The number of rotatable bonds is 6. The Labute approximate surface area is 326 Å². The fraction of sp³-hybridized carbons (Fsp3) is 0.500. The predicted molar refractivity (Wildman–Crippen MR) is 226 cm³/mol. The Balaban J connectivity index is 1.29. The normalized spacial score (nSPS) is 22.6. The van der Waals surface area contributed by atoms with Crippen LogP contribution in [0.5, 0.6) is 0 Å². The number of fused-ring (bicyclic) bond motifs is 11. The zero-order valence-electron chi connectivity index (χ0n) is 35.2. The number of aryl methyl sites for hydroxylation is 2. The third kappa shape index (κ3) is 5.03. The van der Waals surface area contributed by atoms with E-state index in [0.717, 1.165) is 37.6 Å². The highest BCUT2D eigenvalue weighted by Gasteiger charge is 2.55. The molecule has 4 aliphatic rings. The molecule has 0 N–H and O–H groups in total. The molecule has 3 aliphatic carbocycles. The highest BCUT2D eigenvalue weighted by molar-refractivity contribution is 5.84. The molecule has 0 saturated heterocycles. The first-order valence-corrected chi connectivity index (χ1v) is 21.4. The number of aromatic nitrogens is 2. The minimum atomic E-state index is -0.0453. The molecule has 3 aromatic carbocycles. The van der Waals surface area contributed by atoms with Gasteiger partial charge in [0.1, 0.15) is 6.54 Å². The summed E-state index contributed by atoms with van der Waals surface area (Å²) in [5, 5.41) is 1.42. The number of hydrogen-bond donors (Lipinski definition) is 0. The van der Waals surface area contributed by atoms with E-state index in [4.69, 9.17) is 0 Å². The van der Waals surface area contributed by atoms with Gasteiger partial charge in [-0.25, -0.2) is 0 Å². The van der Waals surface area contributed by atoms with Crippen LogP contribution in [0.3, 0.4) is 0 Å². The van der Waals surface area contributed by atoms with E-state index in [2.05, 4.69) is 158 Å². The van der Waals surface area contributed by atoms with Gasteiger partial charge in [-0.15, -0.1) is 0 Å². The minimum absolute atomic E-state index is 0.0453. The first-order valence-electron chi connectivity index (χ1n) is 21.4. The van der Waals surface area contributed by atoms with Gasteiger partial charge in [0, 0.05) is 48.6 Å². The Bertz CT molecular complexity index is 2340. The van der Waals surface area contributed by atoms with E-state index in [9.17, 15) is 0 Å². The number of hydrogen-bond acceptors (Lipinski definition) is 0. The fourth-order valence-electron chi connectivity index (χ4n) is 13.0. The Morgan fingerprint density at radius 2 is 1.46 bits per heavy atom. The van der Waals surface area contributed by atoms with Crippen molar-refractivity contribution in [2.24, 2.45) is 0 Å². The molecule has 9 rings (SSSR count). The van der Waals surface area contributed by atoms with Crippen LogP contribution in [-0.2, 0) is 28.3 Å². The summed E-state index contributed by atoms with van der Waals surface area (Å²) in [5.41, 5.74) is 20.0. The molecule has 0 spiro atoms. The fourth-order valence-corrected chi connectivity index (χ4v) is 13.0. The van der Waals surface area contributed by atoms with Crippen molar-refractivity contribution in [3.05, 3.63) is 117 Å².